The van der Waals surface area contributed by atoms with Crippen LogP contribution in [0, 0.1) is 0 Å². The number of hydrogen-bond donors (Lipinski definition) is 1. The van der Waals surface area contributed by atoms with Crippen molar-refractivity contribution in [1.82, 2.24) is 9.36 Å². The molecule has 0 aliphatic rings. The van der Waals surface area contributed by atoms with E-state index in [2.05, 4.69) is 42.4 Å². The molecule has 0 unspecified atom stereocenters. The molecule has 0 saturated carbocycles. The first kappa shape index (κ1) is 11.4. The zero-order valence-corrected chi connectivity index (χ0v) is 10.2. The fourth-order valence-electron chi connectivity index (χ4n) is 1.01. The van der Waals surface area contributed by atoms with Crippen LogP contribution in [0.1, 0.15) is 46.4 Å². The van der Waals surface area contributed by atoms with Crippen LogP contribution in [0.25, 0.3) is 0 Å². The highest BCUT2D eigenvalue weighted by Gasteiger charge is 2.16. The van der Waals surface area contributed by atoms with E-state index in [4.69, 9.17) is 0 Å². The first-order chi connectivity index (χ1) is 6.57. The van der Waals surface area contributed by atoms with Crippen LogP contribution in [-0.4, -0.2) is 14.9 Å². The molecule has 4 heteroatoms. The van der Waals surface area contributed by atoms with Crippen LogP contribution in [0.3, 0.4) is 0 Å². The number of aromatic nitrogens is 2. The molecule has 0 atom stereocenters. The summed E-state index contributed by atoms with van der Waals surface area (Å²) < 4.78 is 4.29. The standard InChI is InChI=1S/C10H19N3S/c1-5-7-8-11-9(14-13-8)12-10(3,4)6-2/h5-7H2,1-4H3,(H,11,12,13). The van der Waals surface area contributed by atoms with Gasteiger partial charge in [0.05, 0.1) is 0 Å². The van der Waals surface area contributed by atoms with Crippen molar-refractivity contribution in [3.05, 3.63) is 5.82 Å². The molecule has 0 radical (unpaired) electrons. The maximum Gasteiger partial charge on any atom is 0.202 e. The molecule has 0 aliphatic carbocycles. The highest BCUT2D eigenvalue weighted by atomic mass is 32.1. The van der Waals surface area contributed by atoms with Gasteiger partial charge in [-0.05, 0) is 26.7 Å². The predicted molar refractivity (Wildman–Crippen MR) is 61.9 cm³/mol. The molecular formula is C10H19N3S. The average Bonchev–Trinajstić information content (AvgIpc) is 2.53. The summed E-state index contributed by atoms with van der Waals surface area (Å²) in [7, 11) is 0. The predicted octanol–water partition coefficient (Wildman–Crippen LogP) is 3.09. The number of anilines is 1. The summed E-state index contributed by atoms with van der Waals surface area (Å²) in [5.41, 5.74) is 0.114. The van der Waals surface area contributed by atoms with E-state index < -0.39 is 0 Å². The highest BCUT2D eigenvalue weighted by Crippen LogP contribution is 2.19. The molecule has 0 amide bonds. The van der Waals surface area contributed by atoms with Gasteiger partial charge < -0.3 is 5.32 Å². The lowest BCUT2D eigenvalue weighted by Gasteiger charge is -2.23. The second-order valence-electron chi connectivity index (χ2n) is 4.13. The lowest BCUT2D eigenvalue weighted by molar-refractivity contribution is 0.546. The van der Waals surface area contributed by atoms with Crippen molar-refractivity contribution in [2.45, 2.75) is 52.5 Å². The van der Waals surface area contributed by atoms with Crippen LogP contribution in [0.15, 0.2) is 0 Å². The molecule has 1 heterocycles. The Hall–Kier alpha value is -0.640. The summed E-state index contributed by atoms with van der Waals surface area (Å²) in [5.74, 6) is 0.965. The Balaban J connectivity index is 2.59. The summed E-state index contributed by atoms with van der Waals surface area (Å²) in [6, 6.07) is 0. The van der Waals surface area contributed by atoms with Gasteiger partial charge in [-0.1, -0.05) is 13.8 Å². The number of aryl methyl sites for hydroxylation is 1. The fourth-order valence-corrected chi connectivity index (χ4v) is 1.80. The van der Waals surface area contributed by atoms with Gasteiger partial charge in [-0.15, -0.1) is 0 Å². The van der Waals surface area contributed by atoms with Crippen molar-refractivity contribution in [2.75, 3.05) is 5.32 Å². The Kier molecular flexibility index (Phi) is 3.86. The van der Waals surface area contributed by atoms with Gasteiger partial charge in [-0.3, -0.25) is 0 Å². The van der Waals surface area contributed by atoms with Crippen LogP contribution in [0.4, 0.5) is 5.13 Å². The minimum atomic E-state index is 0.114. The first-order valence-corrected chi connectivity index (χ1v) is 5.95. The van der Waals surface area contributed by atoms with Crippen molar-refractivity contribution < 1.29 is 0 Å². The minimum absolute atomic E-state index is 0.114. The van der Waals surface area contributed by atoms with E-state index in [9.17, 15) is 0 Å². The summed E-state index contributed by atoms with van der Waals surface area (Å²) in [6.45, 7) is 8.66. The van der Waals surface area contributed by atoms with Crippen molar-refractivity contribution in [1.29, 1.82) is 0 Å². The minimum Gasteiger partial charge on any atom is -0.355 e. The van der Waals surface area contributed by atoms with Crippen molar-refractivity contribution in [3.8, 4) is 0 Å². The molecule has 14 heavy (non-hydrogen) atoms. The fraction of sp³-hybridized carbons (Fsp3) is 0.800. The summed E-state index contributed by atoms with van der Waals surface area (Å²) in [4.78, 5) is 4.43. The van der Waals surface area contributed by atoms with Gasteiger partial charge in [-0.25, -0.2) is 4.98 Å². The third-order valence-corrected chi connectivity index (χ3v) is 2.94. The van der Waals surface area contributed by atoms with Gasteiger partial charge in [0.1, 0.15) is 5.82 Å². The van der Waals surface area contributed by atoms with Crippen LogP contribution < -0.4 is 5.32 Å². The highest BCUT2D eigenvalue weighted by molar-refractivity contribution is 7.09. The Bertz CT molecular complexity index is 281. The molecule has 1 aromatic rings. The third kappa shape index (κ3) is 3.25. The van der Waals surface area contributed by atoms with Crippen LogP contribution >= 0.6 is 11.5 Å². The van der Waals surface area contributed by atoms with Gasteiger partial charge in [0.15, 0.2) is 0 Å². The van der Waals surface area contributed by atoms with Crippen molar-refractivity contribution in [2.24, 2.45) is 0 Å². The monoisotopic (exact) mass is 213 g/mol. The topological polar surface area (TPSA) is 37.8 Å². The van der Waals surface area contributed by atoms with Gasteiger partial charge >= 0.3 is 0 Å². The third-order valence-electron chi connectivity index (χ3n) is 2.27. The van der Waals surface area contributed by atoms with E-state index >= 15 is 0 Å². The van der Waals surface area contributed by atoms with Crippen molar-refractivity contribution >= 4 is 16.7 Å². The molecule has 0 fully saturated rings. The SMILES string of the molecule is CCCc1nsc(NC(C)(C)CC)n1. The molecule has 0 aromatic carbocycles. The number of nitrogens with zero attached hydrogens (tertiary/aromatic N) is 2. The second kappa shape index (κ2) is 4.73. The maximum absolute atomic E-state index is 4.43. The van der Waals surface area contributed by atoms with E-state index in [0.29, 0.717) is 0 Å². The van der Waals surface area contributed by atoms with Crippen LogP contribution in [0.2, 0.25) is 0 Å². The Morgan fingerprint density at radius 1 is 1.36 bits per heavy atom. The molecule has 0 aliphatic heterocycles. The van der Waals surface area contributed by atoms with E-state index in [0.717, 1.165) is 30.2 Å². The van der Waals surface area contributed by atoms with E-state index in [1.54, 1.807) is 0 Å². The zero-order chi connectivity index (χ0) is 10.6. The van der Waals surface area contributed by atoms with Gasteiger partial charge in [0.2, 0.25) is 5.13 Å². The molecule has 0 spiro atoms. The lowest BCUT2D eigenvalue weighted by Crippen LogP contribution is -2.29. The van der Waals surface area contributed by atoms with Gasteiger partial charge in [-0.2, -0.15) is 4.37 Å². The van der Waals surface area contributed by atoms with E-state index in [-0.39, 0.29) is 5.54 Å². The second-order valence-corrected chi connectivity index (χ2v) is 4.88. The molecule has 1 N–H and O–H groups in total. The normalized spacial score (nSPS) is 11.7. The van der Waals surface area contributed by atoms with E-state index in [1.165, 1.54) is 11.5 Å². The molecule has 1 aromatic heterocycles. The van der Waals surface area contributed by atoms with Crippen LogP contribution in [0.5, 0.6) is 0 Å². The molecular weight excluding hydrogens is 194 g/mol. The zero-order valence-electron chi connectivity index (χ0n) is 9.42. The average molecular weight is 213 g/mol. The summed E-state index contributed by atoms with van der Waals surface area (Å²) >= 11 is 1.46. The maximum atomic E-state index is 4.43. The molecule has 1 rings (SSSR count). The Morgan fingerprint density at radius 2 is 2.07 bits per heavy atom. The van der Waals surface area contributed by atoms with E-state index in [1.807, 2.05) is 0 Å². The molecule has 3 nitrogen and oxygen atoms in total. The molecule has 0 bridgehead atoms. The van der Waals surface area contributed by atoms with Gasteiger partial charge in [0.25, 0.3) is 0 Å². The smallest absolute Gasteiger partial charge is 0.202 e. The molecule has 80 valence electrons. The number of rotatable bonds is 5. The Labute approximate surface area is 90.1 Å². The number of nitrogens with one attached hydrogen (secondary N) is 1. The summed E-state index contributed by atoms with van der Waals surface area (Å²) in [5, 5.41) is 4.34. The lowest BCUT2D eigenvalue weighted by atomic mass is 10.0. The van der Waals surface area contributed by atoms with Crippen LogP contribution in [-0.2, 0) is 6.42 Å². The van der Waals surface area contributed by atoms with Crippen molar-refractivity contribution in [3.63, 3.8) is 0 Å². The quantitative estimate of drug-likeness (QED) is 0.816. The number of hydrogen-bond acceptors (Lipinski definition) is 4. The Morgan fingerprint density at radius 3 is 2.64 bits per heavy atom. The van der Waals surface area contributed by atoms with Gasteiger partial charge in [0, 0.05) is 23.5 Å². The first-order valence-electron chi connectivity index (χ1n) is 5.18. The molecule has 0 saturated heterocycles. The largest absolute Gasteiger partial charge is 0.355 e. The summed E-state index contributed by atoms with van der Waals surface area (Å²) in [6.07, 6.45) is 3.16.